The van der Waals surface area contributed by atoms with Gasteiger partial charge >= 0.3 is 0 Å². The third-order valence-electron chi connectivity index (χ3n) is 3.09. The zero-order chi connectivity index (χ0) is 15.2. The standard InChI is InChI=1S/C16H17F2N3/c1-11(12-7-8-14(17)15(18)9-12)10-20-16(19)21-13-5-3-2-4-6-13/h2-9,11H,10H2,1H3,(H3,19,20,21). The number of rotatable bonds is 4. The fourth-order valence-corrected chi connectivity index (χ4v) is 1.87. The van der Waals surface area contributed by atoms with Crippen LogP contribution >= 0.6 is 0 Å². The van der Waals surface area contributed by atoms with Gasteiger partial charge < -0.3 is 11.1 Å². The van der Waals surface area contributed by atoms with Gasteiger partial charge in [0.25, 0.3) is 0 Å². The monoisotopic (exact) mass is 289 g/mol. The summed E-state index contributed by atoms with van der Waals surface area (Å²) in [6.07, 6.45) is 0. The minimum absolute atomic E-state index is 0.0591. The SMILES string of the molecule is CC(CN=C(N)Nc1ccccc1)c1ccc(F)c(F)c1. The first-order valence-corrected chi connectivity index (χ1v) is 6.63. The highest BCUT2D eigenvalue weighted by Gasteiger charge is 2.09. The molecule has 3 nitrogen and oxygen atoms in total. The first-order chi connectivity index (χ1) is 10.1. The Labute approximate surface area is 122 Å². The van der Waals surface area contributed by atoms with Crippen LogP contribution in [0.25, 0.3) is 0 Å². The summed E-state index contributed by atoms with van der Waals surface area (Å²) in [6, 6.07) is 13.3. The fourth-order valence-electron chi connectivity index (χ4n) is 1.87. The van der Waals surface area contributed by atoms with Gasteiger partial charge in [-0.25, -0.2) is 8.78 Å². The maximum atomic E-state index is 13.2. The van der Waals surface area contributed by atoms with Crippen LogP contribution in [-0.2, 0) is 0 Å². The number of guanidine groups is 1. The first-order valence-electron chi connectivity index (χ1n) is 6.63. The van der Waals surface area contributed by atoms with E-state index in [1.807, 2.05) is 37.3 Å². The van der Waals surface area contributed by atoms with Crippen LogP contribution in [0.2, 0.25) is 0 Å². The quantitative estimate of drug-likeness (QED) is 0.668. The van der Waals surface area contributed by atoms with Crippen LogP contribution in [0.4, 0.5) is 14.5 Å². The van der Waals surface area contributed by atoms with Gasteiger partial charge in [-0.15, -0.1) is 0 Å². The number of para-hydroxylation sites is 1. The lowest BCUT2D eigenvalue weighted by molar-refractivity contribution is 0.506. The molecular weight excluding hydrogens is 272 g/mol. The summed E-state index contributed by atoms with van der Waals surface area (Å²) in [6.45, 7) is 2.27. The number of hydrogen-bond acceptors (Lipinski definition) is 1. The molecule has 0 spiro atoms. The predicted octanol–water partition coefficient (Wildman–Crippen LogP) is 3.50. The molecule has 0 aliphatic heterocycles. The summed E-state index contributed by atoms with van der Waals surface area (Å²) >= 11 is 0. The number of aliphatic imine (C=N–C) groups is 1. The van der Waals surface area contributed by atoms with E-state index in [0.717, 1.165) is 11.8 Å². The van der Waals surface area contributed by atoms with Gasteiger partial charge in [0, 0.05) is 18.2 Å². The third-order valence-corrected chi connectivity index (χ3v) is 3.09. The molecule has 0 fully saturated rings. The highest BCUT2D eigenvalue weighted by atomic mass is 19.2. The Morgan fingerprint density at radius 2 is 1.86 bits per heavy atom. The molecule has 2 rings (SSSR count). The normalized spacial score (nSPS) is 13.0. The van der Waals surface area contributed by atoms with Crippen LogP contribution < -0.4 is 11.1 Å². The molecule has 2 aromatic carbocycles. The molecule has 0 aliphatic rings. The van der Waals surface area contributed by atoms with Crippen LogP contribution in [0, 0.1) is 11.6 Å². The van der Waals surface area contributed by atoms with Crippen molar-refractivity contribution in [3.05, 3.63) is 65.7 Å². The number of halogens is 2. The summed E-state index contributed by atoms with van der Waals surface area (Å²) in [5.74, 6) is -1.47. The van der Waals surface area contributed by atoms with Crippen molar-refractivity contribution >= 4 is 11.6 Å². The molecule has 2 aromatic rings. The van der Waals surface area contributed by atoms with Crippen molar-refractivity contribution < 1.29 is 8.78 Å². The molecule has 21 heavy (non-hydrogen) atoms. The van der Waals surface area contributed by atoms with E-state index in [0.29, 0.717) is 12.1 Å². The molecular formula is C16H17F2N3. The number of benzene rings is 2. The average Bonchev–Trinajstić information content (AvgIpc) is 2.48. The Balaban J connectivity index is 1.97. The molecule has 0 saturated heterocycles. The number of nitrogens with zero attached hydrogens (tertiary/aromatic N) is 1. The van der Waals surface area contributed by atoms with Crippen molar-refractivity contribution in [2.45, 2.75) is 12.8 Å². The Bertz CT molecular complexity index is 627. The Hall–Kier alpha value is -2.43. The zero-order valence-electron chi connectivity index (χ0n) is 11.7. The lowest BCUT2D eigenvalue weighted by Gasteiger charge is -2.11. The molecule has 0 saturated carbocycles. The highest BCUT2D eigenvalue weighted by Crippen LogP contribution is 2.18. The Morgan fingerprint density at radius 1 is 1.14 bits per heavy atom. The van der Waals surface area contributed by atoms with Gasteiger partial charge in [-0.3, -0.25) is 4.99 Å². The van der Waals surface area contributed by atoms with Gasteiger partial charge in [0.1, 0.15) is 0 Å². The minimum Gasteiger partial charge on any atom is -0.370 e. The molecule has 0 radical (unpaired) electrons. The molecule has 1 unspecified atom stereocenters. The van der Waals surface area contributed by atoms with E-state index in [1.165, 1.54) is 6.07 Å². The van der Waals surface area contributed by atoms with Crippen molar-refractivity contribution in [1.82, 2.24) is 0 Å². The van der Waals surface area contributed by atoms with E-state index in [2.05, 4.69) is 10.3 Å². The summed E-state index contributed by atoms with van der Waals surface area (Å²) in [4.78, 5) is 4.21. The van der Waals surface area contributed by atoms with Crippen molar-refractivity contribution in [3.63, 3.8) is 0 Å². The summed E-state index contributed by atoms with van der Waals surface area (Å²) < 4.78 is 26.1. The first kappa shape index (κ1) is 15.0. The van der Waals surface area contributed by atoms with Gasteiger partial charge in [-0.1, -0.05) is 31.2 Å². The smallest absolute Gasteiger partial charge is 0.193 e. The van der Waals surface area contributed by atoms with E-state index >= 15 is 0 Å². The van der Waals surface area contributed by atoms with Crippen LogP contribution in [0.5, 0.6) is 0 Å². The second kappa shape index (κ2) is 6.83. The second-order valence-electron chi connectivity index (χ2n) is 4.79. The maximum absolute atomic E-state index is 13.2. The predicted molar refractivity (Wildman–Crippen MR) is 81.3 cm³/mol. The number of hydrogen-bond donors (Lipinski definition) is 2. The summed E-state index contributed by atoms with van der Waals surface area (Å²) in [5.41, 5.74) is 7.32. The lowest BCUT2D eigenvalue weighted by atomic mass is 10.0. The summed E-state index contributed by atoms with van der Waals surface area (Å²) in [5, 5.41) is 2.96. The Morgan fingerprint density at radius 3 is 2.52 bits per heavy atom. The number of anilines is 1. The largest absolute Gasteiger partial charge is 0.370 e. The van der Waals surface area contributed by atoms with Gasteiger partial charge in [0.2, 0.25) is 0 Å². The third kappa shape index (κ3) is 4.27. The maximum Gasteiger partial charge on any atom is 0.193 e. The van der Waals surface area contributed by atoms with Gasteiger partial charge in [0.05, 0.1) is 0 Å². The van der Waals surface area contributed by atoms with Gasteiger partial charge in [-0.2, -0.15) is 0 Å². The van der Waals surface area contributed by atoms with E-state index in [4.69, 9.17) is 5.73 Å². The molecule has 0 amide bonds. The van der Waals surface area contributed by atoms with Gasteiger partial charge in [-0.05, 0) is 29.8 Å². The minimum atomic E-state index is -0.848. The van der Waals surface area contributed by atoms with Crippen LogP contribution in [-0.4, -0.2) is 12.5 Å². The van der Waals surface area contributed by atoms with E-state index in [-0.39, 0.29) is 11.9 Å². The molecule has 0 aliphatic carbocycles. The fraction of sp³-hybridized carbons (Fsp3) is 0.188. The highest BCUT2D eigenvalue weighted by molar-refractivity contribution is 5.92. The topological polar surface area (TPSA) is 50.4 Å². The van der Waals surface area contributed by atoms with Crippen molar-refractivity contribution in [2.75, 3.05) is 11.9 Å². The van der Waals surface area contributed by atoms with E-state index in [1.54, 1.807) is 6.07 Å². The molecule has 3 N–H and O–H groups in total. The molecule has 110 valence electrons. The van der Waals surface area contributed by atoms with Crippen molar-refractivity contribution in [2.24, 2.45) is 10.7 Å². The van der Waals surface area contributed by atoms with Crippen LogP contribution in [0.3, 0.4) is 0 Å². The van der Waals surface area contributed by atoms with Crippen LogP contribution in [0.15, 0.2) is 53.5 Å². The Kier molecular flexibility index (Phi) is 4.87. The average molecular weight is 289 g/mol. The second-order valence-corrected chi connectivity index (χ2v) is 4.79. The molecule has 5 heteroatoms. The van der Waals surface area contributed by atoms with E-state index in [9.17, 15) is 8.78 Å². The van der Waals surface area contributed by atoms with Crippen molar-refractivity contribution in [3.8, 4) is 0 Å². The molecule has 0 aromatic heterocycles. The van der Waals surface area contributed by atoms with Gasteiger partial charge in [0.15, 0.2) is 17.6 Å². The number of nitrogens with two attached hydrogens (primary N) is 1. The zero-order valence-corrected chi connectivity index (χ0v) is 11.7. The molecule has 1 atom stereocenters. The van der Waals surface area contributed by atoms with Crippen molar-refractivity contribution in [1.29, 1.82) is 0 Å². The van der Waals surface area contributed by atoms with Crippen LogP contribution in [0.1, 0.15) is 18.4 Å². The lowest BCUT2D eigenvalue weighted by Crippen LogP contribution is -2.23. The number of nitrogens with one attached hydrogen (secondary N) is 1. The molecule has 0 heterocycles. The summed E-state index contributed by atoms with van der Waals surface area (Å²) in [7, 11) is 0. The van der Waals surface area contributed by atoms with E-state index < -0.39 is 11.6 Å². The molecule has 0 bridgehead atoms.